The van der Waals surface area contributed by atoms with Crippen LogP contribution in [-0.4, -0.2) is 31.9 Å². The van der Waals surface area contributed by atoms with E-state index in [2.05, 4.69) is 0 Å². The molecule has 0 aromatic rings. The molecule has 1 aliphatic heterocycles. The Bertz CT molecular complexity index is 230. The van der Waals surface area contributed by atoms with Crippen LogP contribution in [0.5, 0.6) is 0 Å². The van der Waals surface area contributed by atoms with Crippen molar-refractivity contribution in [1.29, 1.82) is 0 Å². The van der Waals surface area contributed by atoms with E-state index in [1.807, 2.05) is 6.92 Å². The van der Waals surface area contributed by atoms with Crippen LogP contribution in [0.25, 0.3) is 0 Å². The summed E-state index contributed by atoms with van der Waals surface area (Å²) in [5.74, 6) is 0.664. The first-order valence-corrected chi connectivity index (χ1v) is 5.63. The Kier molecular flexibility index (Phi) is 3.09. The van der Waals surface area contributed by atoms with E-state index in [1.54, 1.807) is 0 Å². The minimum atomic E-state index is -3.78. The highest BCUT2D eigenvalue weighted by molar-refractivity contribution is 7.85. The van der Waals surface area contributed by atoms with E-state index in [4.69, 9.17) is 9.29 Å². The first kappa shape index (κ1) is 9.95. The lowest BCUT2D eigenvalue weighted by molar-refractivity contribution is -0.0574. The molecule has 4 nitrogen and oxygen atoms in total. The van der Waals surface area contributed by atoms with Gasteiger partial charge in [-0.2, -0.15) is 8.42 Å². The van der Waals surface area contributed by atoms with Gasteiger partial charge in [-0.1, -0.05) is 6.92 Å². The normalized spacial score (nSPS) is 21.8. The topological polar surface area (TPSA) is 63.6 Å². The van der Waals surface area contributed by atoms with Crippen LogP contribution < -0.4 is 0 Å². The van der Waals surface area contributed by atoms with E-state index in [0.29, 0.717) is 18.3 Å². The van der Waals surface area contributed by atoms with E-state index >= 15 is 0 Å². The van der Waals surface area contributed by atoms with Gasteiger partial charge in [0.2, 0.25) is 0 Å². The summed E-state index contributed by atoms with van der Waals surface area (Å²) in [4.78, 5) is 0. The average Bonchev–Trinajstić information content (AvgIpc) is 1.78. The Morgan fingerprint density at radius 2 is 2.17 bits per heavy atom. The fraction of sp³-hybridized carbons (Fsp3) is 1.00. The van der Waals surface area contributed by atoms with Crippen LogP contribution >= 0.6 is 0 Å². The number of rotatable bonds is 4. The molecule has 1 fully saturated rings. The van der Waals surface area contributed by atoms with Gasteiger partial charge in [-0.25, -0.2) is 0 Å². The molecule has 0 spiro atoms. The molecule has 0 aromatic heterocycles. The molecule has 1 rings (SSSR count). The highest BCUT2D eigenvalue weighted by atomic mass is 32.2. The second-order valence-electron chi connectivity index (χ2n) is 3.35. The highest BCUT2D eigenvalue weighted by Crippen LogP contribution is 2.23. The van der Waals surface area contributed by atoms with E-state index < -0.39 is 10.1 Å². The van der Waals surface area contributed by atoms with Crippen molar-refractivity contribution in [2.45, 2.75) is 13.3 Å². The number of ether oxygens (including phenoxy) is 1. The van der Waals surface area contributed by atoms with Gasteiger partial charge >= 0.3 is 0 Å². The summed E-state index contributed by atoms with van der Waals surface area (Å²) >= 11 is 0. The monoisotopic (exact) mass is 194 g/mol. The molecule has 1 unspecified atom stereocenters. The fourth-order valence-electron chi connectivity index (χ4n) is 1.15. The van der Waals surface area contributed by atoms with Crippen molar-refractivity contribution in [3.05, 3.63) is 0 Å². The van der Waals surface area contributed by atoms with Crippen molar-refractivity contribution in [2.24, 2.45) is 11.8 Å². The van der Waals surface area contributed by atoms with Crippen LogP contribution in [0.1, 0.15) is 13.3 Å². The van der Waals surface area contributed by atoms with Crippen LogP contribution in [0.2, 0.25) is 0 Å². The Labute approximate surface area is 72.7 Å². The Hall–Kier alpha value is -0.130. The summed E-state index contributed by atoms with van der Waals surface area (Å²) < 4.78 is 34.2. The van der Waals surface area contributed by atoms with Crippen molar-refractivity contribution < 1.29 is 17.7 Å². The summed E-state index contributed by atoms with van der Waals surface area (Å²) in [7, 11) is -3.78. The van der Waals surface area contributed by atoms with Gasteiger partial charge < -0.3 is 4.74 Å². The number of hydrogen-bond donors (Lipinski definition) is 1. The maximum atomic E-state index is 10.4. The van der Waals surface area contributed by atoms with Crippen molar-refractivity contribution in [3.8, 4) is 0 Å². The minimum Gasteiger partial charge on any atom is -0.381 e. The third-order valence-corrected chi connectivity index (χ3v) is 3.05. The van der Waals surface area contributed by atoms with Gasteiger partial charge in [0.25, 0.3) is 10.1 Å². The van der Waals surface area contributed by atoms with E-state index in [-0.39, 0.29) is 5.75 Å². The average molecular weight is 194 g/mol. The molecule has 1 saturated heterocycles. The van der Waals surface area contributed by atoms with Crippen molar-refractivity contribution in [3.63, 3.8) is 0 Å². The molecule has 12 heavy (non-hydrogen) atoms. The van der Waals surface area contributed by atoms with Crippen LogP contribution in [-0.2, 0) is 14.9 Å². The molecule has 0 aromatic carbocycles. The quantitative estimate of drug-likeness (QED) is 0.664. The molecular formula is C7H14O4S. The largest absolute Gasteiger partial charge is 0.381 e. The smallest absolute Gasteiger partial charge is 0.264 e. The number of hydrogen-bond acceptors (Lipinski definition) is 3. The van der Waals surface area contributed by atoms with Gasteiger partial charge in [0.1, 0.15) is 0 Å². The Morgan fingerprint density at radius 3 is 2.50 bits per heavy atom. The molecule has 1 N–H and O–H groups in total. The SMILES string of the molecule is CC(CCS(=O)(=O)O)C1COC1. The second-order valence-corrected chi connectivity index (χ2v) is 4.92. The molecule has 1 atom stereocenters. The molecule has 0 radical (unpaired) electrons. The van der Waals surface area contributed by atoms with E-state index in [1.165, 1.54) is 0 Å². The van der Waals surface area contributed by atoms with Gasteiger partial charge in [0.05, 0.1) is 19.0 Å². The lowest BCUT2D eigenvalue weighted by Gasteiger charge is -2.31. The zero-order valence-electron chi connectivity index (χ0n) is 7.06. The minimum absolute atomic E-state index is 0.134. The molecule has 0 bridgehead atoms. The fourth-order valence-corrected chi connectivity index (χ4v) is 1.82. The zero-order chi connectivity index (χ0) is 9.19. The van der Waals surface area contributed by atoms with Crippen molar-refractivity contribution in [2.75, 3.05) is 19.0 Å². The Morgan fingerprint density at radius 1 is 1.58 bits per heavy atom. The summed E-state index contributed by atoms with van der Waals surface area (Å²) in [6, 6.07) is 0. The third kappa shape index (κ3) is 3.08. The first-order chi connectivity index (χ1) is 5.49. The van der Waals surface area contributed by atoms with E-state index in [0.717, 1.165) is 13.2 Å². The summed E-state index contributed by atoms with van der Waals surface area (Å²) in [5.41, 5.74) is 0. The van der Waals surface area contributed by atoms with Gasteiger partial charge in [-0.15, -0.1) is 0 Å². The molecule has 5 heteroatoms. The predicted molar refractivity (Wildman–Crippen MR) is 44.5 cm³/mol. The van der Waals surface area contributed by atoms with Crippen LogP contribution in [0.4, 0.5) is 0 Å². The molecule has 0 saturated carbocycles. The summed E-state index contributed by atoms with van der Waals surface area (Å²) in [6.45, 7) is 3.44. The van der Waals surface area contributed by atoms with Gasteiger partial charge in [0, 0.05) is 5.92 Å². The Balaban J connectivity index is 2.22. The van der Waals surface area contributed by atoms with Gasteiger partial charge in [0.15, 0.2) is 0 Å². The van der Waals surface area contributed by atoms with Gasteiger partial charge in [-0.05, 0) is 12.3 Å². The second kappa shape index (κ2) is 3.72. The first-order valence-electron chi connectivity index (χ1n) is 4.02. The predicted octanol–water partition coefficient (Wildman–Crippen LogP) is 0.547. The lowest BCUT2D eigenvalue weighted by Crippen LogP contribution is -2.33. The molecule has 1 heterocycles. The van der Waals surface area contributed by atoms with Crippen molar-refractivity contribution in [1.82, 2.24) is 0 Å². The van der Waals surface area contributed by atoms with Crippen LogP contribution in [0.15, 0.2) is 0 Å². The zero-order valence-corrected chi connectivity index (χ0v) is 7.88. The molecule has 1 aliphatic rings. The summed E-state index contributed by atoms with van der Waals surface area (Å²) in [6.07, 6.45) is 0.521. The molecular weight excluding hydrogens is 180 g/mol. The molecule has 0 amide bonds. The van der Waals surface area contributed by atoms with Crippen molar-refractivity contribution >= 4 is 10.1 Å². The highest BCUT2D eigenvalue weighted by Gasteiger charge is 2.25. The molecule has 0 aliphatic carbocycles. The lowest BCUT2D eigenvalue weighted by atomic mass is 9.90. The van der Waals surface area contributed by atoms with Gasteiger partial charge in [-0.3, -0.25) is 4.55 Å². The van der Waals surface area contributed by atoms with Crippen LogP contribution in [0.3, 0.4) is 0 Å². The standard InChI is InChI=1S/C7H14O4S/c1-6(7-4-11-5-7)2-3-12(8,9)10/h6-7H,2-5H2,1H3,(H,8,9,10). The summed E-state index contributed by atoms with van der Waals surface area (Å²) in [5, 5.41) is 0. The molecule has 72 valence electrons. The maximum absolute atomic E-state index is 10.4. The van der Waals surface area contributed by atoms with Crippen LogP contribution in [0, 0.1) is 11.8 Å². The maximum Gasteiger partial charge on any atom is 0.264 e. The van der Waals surface area contributed by atoms with E-state index in [9.17, 15) is 8.42 Å². The third-order valence-electron chi connectivity index (χ3n) is 2.30.